The van der Waals surface area contributed by atoms with Crippen LogP contribution in [-0.4, -0.2) is 13.4 Å². The summed E-state index contributed by atoms with van der Waals surface area (Å²) in [4.78, 5) is 10.7. The van der Waals surface area contributed by atoms with E-state index in [4.69, 9.17) is 4.74 Å². The standard InChI is InChI=1S/C14H19NO2/c1-10(9-16)11(2)12(3)15-13-5-7-14(17-4)8-6-13/h5-10,15H,1-4H3/b12-11+. The van der Waals surface area contributed by atoms with Gasteiger partial charge in [-0.15, -0.1) is 0 Å². The average molecular weight is 233 g/mol. The van der Waals surface area contributed by atoms with Gasteiger partial charge < -0.3 is 14.8 Å². The van der Waals surface area contributed by atoms with Gasteiger partial charge in [-0.05, 0) is 43.7 Å². The Labute approximate surface area is 102 Å². The summed E-state index contributed by atoms with van der Waals surface area (Å²) < 4.78 is 5.09. The smallest absolute Gasteiger partial charge is 0.126 e. The van der Waals surface area contributed by atoms with Crippen LogP contribution in [0.25, 0.3) is 0 Å². The minimum atomic E-state index is -0.0549. The monoisotopic (exact) mass is 233 g/mol. The molecule has 0 saturated heterocycles. The van der Waals surface area contributed by atoms with Gasteiger partial charge in [0.2, 0.25) is 0 Å². The molecule has 0 fully saturated rings. The minimum Gasteiger partial charge on any atom is -0.497 e. The first-order valence-corrected chi connectivity index (χ1v) is 5.62. The van der Waals surface area contributed by atoms with Gasteiger partial charge in [0.1, 0.15) is 12.0 Å². The molecule has 1 aromatic carbocycles. The first kappa shape index (κ1) is 13.3. The van der Waals surface area contributed by atoms with Gasteiger partial charge in [0.05, 0.1) is 7.11 Å². The molecule has 0 amide bonds. The van der Waals surface area contributed by atoms with E-state index in [2.05, 4.69) is 5.32 Å². The second-order valence-electron chi connectivity index (χ2n) is 4.09. The number of carbonyl (C=O) groups is 1. The van der Waals surface area contributed by atoms with Gasteiger partial charge in [0, 0.05) is 17.3 Å². The maximum atomic E-state index is 10.7. The molecule has 1 rings (SSSR count). The van der Waals surface area contributed by atoms with Crippen molar-refractivity contribution in [3.05, 3.63) is 35.5 Å². The van der Waals surface area contributed by atoms with E-state index in [0.29, 0.717) is 0 Å². The molecular formula is C14H19NO2. The van der Waals surface area contributed by atoms with Gasteiger partial charge in [-0.2, -0.15) is 0 Å². The van der Waals surface area contributed by atoms with Gasteiger partial charge in [-0.25, -0.2) is 0 Å². The number of carbonyl (C=O) groups excluding carboxylic acids is 1. The summed E-state index contributed by atoms with van der Waals surface area (Å²) in [7, 11) is 1.64. The van der Waals surface area contributed by atoms with Crippen molar-refractivity contribution in [1.82, 2.24) is 0 Å². The van der Waals surface area contributed by atoms with Crippen molar-refractivity contribution in [3.63, 3.8) is 0 Å². The zero-order chi connectivity index (χ0) is 12.8. The summed E-state index contributed by atoms with van der Waals surface area (Å²) in [6, 6.07) is 7.69. The Morgan fingerprint density at radius 3 is 2.35 bits per heavy atom. The highest BCUT2D eigenvalue weighted by atomic mass is 16.5. The number of methoxy groups -OCH3 is 1. The maximum absolute atomic E-state index is 10.7. The quantitative estimate of drug-likeness (QED) is 0.793. The van der Waals surface area contributed by atoms with Crippen molar-refractivity contribution in [3.8, 4) is 5.75 Å². The molecule has 0 heterocycles. The Bertz CT molecular complexity index is 407. The van der Waals surface area contributed by atoms with E-state index >= 15 is 0 Å². The molecule has 1 N–H and O–H groups in total. The second kappa shape index (κ2) is 6.09. The largest absolute Gasteiger partial charge is 0.497 e. The molecule has 0 aliphatic carbocycles. The lowest BCUT2D eigenvalue weighted by molar-refractivity contribution is -0.109. The fourth-order valence-corrected chi connectivity index (χ4v) is 1.43. The van der Waals surface area contributed by atoms with Crippen LogP contribution >= 0.6 is 0 Å². The highest BCUT2D eigenvalue weighted by Crippen LogP contribution is 2.19. The third kappa shape index (κ3) is 3.63. The molecule has 1 atom stereocenters. The van der Waals surface area contributed by atoms with E-state index in [1.165, 1.54) is 0 Å². The molecule has 17 heavy (non-hydrogen) atoms. The van der Waals surface area contributed by atoms with Crippen molar-refractivity contribution in [2.24, 2.45) is 5.92 Å². The van der Waals surface area contributed by atoms with E-state index in [1.807, 2.05) is 45.0 Å². The number of anilines is 1. The van der Waals surface area contributed by atoms with E-state index < -0.39 is 0 Å². The van der Waals surface area contributed by atoms with Crippen LogP contribution in [0.2, 0.25) is 0 Å². The Kier molecular flexibility index (Phi) is 4.76. The Balaban J connectivity index is 2.79. The molecule has 0 aromatic heterocycles. The summed E-state index contributed by atoms with van der Waals surface area (Å²) >= 11 is 0. The van der Waals surface area contributed by atoms with Crippen LogP contribution in [0.15, 0.2) is 35.5 Å². The van der Waals surface area contributed by atoms with Crippen LogP contribution in [0.3, 0.4) is 0 Å². The average Bonchev–Trinajstić information content (AvgIpc) is 2.37. The number of nitrogens with one attached hydrogen (secondary N) is 1. The van der Waals surface area contributed by atoms with Gasteiger partial charge in [-0.3, -0.25) is 0 Å². The molecule has 0 aliphatic heterocycles. The summed E-state index contributed by atoms with van der Waals surface area (Å²) in [5.41, 5.74) is 3.05. The van der Waals surface area contributed by atoms with Crippen LogP contribution in [-0.2, 0) is 4.79 Å². The molecule has 0 saturated carbocycles. The SMILES string of the molecule is COc1ccc(N/C(C)=C(\C)C(C)C=O)cc1. The number of aldehydes is 1. The fraction of sp³-hybridized carbons (Fsp3) is 0.357. The fourth-order valence-electron chi connectivity index (χ4n) is 1.43. The van der Waals surface area contributed by atoms with Gasteiger partial charge in [0.15, 0.2) is 0 Å². The van der Waals surface area contributed by atoms with Crippen molar-refractivity contribution in [1.29, 1.82) is 0 Å². The van der Waals surface area contributed by atoms with Crippen LogP contribution in [0, 0.1) is 5.92 Å². The highest BCUT2D eigenvalue weighted by Gasteiger charge is 2.06. The third-order valence-electron chi connectivity index (χ3n) is 2.90. The van der Waals surface area contributed by atoms with Crippen LogP contribution in [0.4, 0.5) is 5.69 Å². The third-order valence-corrected chi connectivity index (χ3v) is 2.90. The lowest BCUT2D eigenvalue weighted by Crippen LogP contribution is -2.05. The number of hydrogen-bond donors (Lipinski definition) is 1. The zero-order valence-electron chi connectivity index (χ0n) is 10.8. The van der Waals surface area contributed by atoms with Crippen molar-refractivity contribution in [2.45, 2.75) is 20.8 Å². The normalized spacial score (nSPS) is 13.6. The number of hydrogen-bond acceptors (Lipinski definition) is 3. The summed E-state index contributed by atoms with van der Waals surface area (Å²) in [6.07, 6.45) is 0.953. The van der Waals surface area contributed by atoms with Gasteiger partial charge in [0.25, 0.3) is 0 Å². The number of allylic oxidation sites excluding steroid dienone is 2. The molecule has 1 aromatic rings. The maximum Gasteiger partial charge on any atom is 0.126 e. The summed E-state index contributed by atoms with van der Waals surface area (Å²) in [6.45, 7) is 5.83. The van der Waals surface area contributed by atoms with Crippen molar-refractivity contribution < 1.29 is 9.53 Å². The van der Waals surface area contributed by atoms with Crippen molar-refractivity contribution in [2.75, 3.05) is 12.4 Å². The molecular weight excluding hydrogens is 214 g/mol. The number of benzene rings is 1. The van der Waals surface area contributed by atoms with E-state index in [1.54, 1.807) is 7.11 Å². The predicted octanol–water partition coefficient (Wildman–Crippen LogP) is 3.24. The zero-order valence-corrected chi connectivity index (χ0v) is 10.8. The second-order valence-corrected chi connectivity index (χ2v) is 4.09. The number of rotatable bonds is 5. The van der Waals surface area contributed by atoms with E-state index in [0.717, 1.165) is 29.0 Å². The molecule has 0 bridgehead atoms. The topological polar surface area (TPSA) is 38.3 Å². The molecule has 1 unspecified atom stereocenters. The summed E-state index contributed by atoms with van der Waals surface area (Å²) in [5.74, 6) is 0.774. The Morgan fingerprint density at radius 1 is 1.29 bits per heavy atom. The molecule has 3 nitrogen and oxygen atoms in total. The lowest BCUT2D eigenvalue weighted by Gasteiger charge is -2.13. The molecule has 3 heteroatoms. The first-order chi connectivity index (χ1) is 8.08. The van der Waals surface area contributed by atoms with E-state index in [9.17, 15) is 4.79 Å². The van der Waals surface area contributed by atoms with Gasteiger partial charge >= 0.3 is 0 Å². The number of ether oxygens (including phenoxy) is 1. The van der Waals surface area contributed by atoms with Crippen LogP contribution < -0.4 is 10.1 Å². The lowest BCUT2D eigenvalue weighted by atomic mass is 10.0. The molecule has 92 valence electrons. The molecule has 0 aliphatic rings. The first-order valence-electron chi connectivity index (χ1n) is 5.62. The van der Waals surface area contributed by atoms with Crippen molar-refractivity contribution >= 4 is 12.0 Å². The molecule has 0 spiro atoms. The van der Waals surface area contributed by atoms with E-state index in [-0.39, 0.29) is 5.92 Å². The minimum absolute atomic E-state index is 0.0549. The Morgan fingerprint density at radius 2 is 1.88 bits per heavy atom. The van der Waals surface area contributed by atoms with Crippen LogP contribution in [0.5, 0.6) is 5.75 Å². The Hall–Kier alpha value is -1.77. The van der Waals surface area contributed by atoms with Gasteiger partial charge in [-0.1, -0.05) is 6.92 Å². The highest BCUT2D eigenvalue weighted by molar-refractivity contribution is 5.60. The predicted molar refractivity (Wildman–Crippen MR) is 70.2 cm³/mol. The molecule has 0 radical (unpaired) electrons. The summed E-state index contributed by atoms with van der Waals surface area (Å²) in [5, 5.41) is 3.27. The van der Waals surface area contributed by atoms with Crippen LogP contribution in [0.1, 0.15) is 20.8 Å².